The minimum atomic E-state index is -0.0979. The molecule has 0 radical (unpaired) electrons. The van der Waals surface area contributed by atoms with Crippen molar-refractivity contribution in [1.29, 1.82) is 0 Å². The molecule has 0 saturated carbocycles. The molecule has 2 amide bonds. The number of hydrogen-bond donors (Lipinski definition) is 2. The van der Waals surface area contributed by atoms with Crippen LogP contribution in [0.4, 0.5) is 10.8 Å². The van der Waals surface area contributed by atoms with E-state index in [9.17, 15) is 9.59 Å². The summed E-state index contributed by atoms with van der Waals surface area (Å²) >= 11 is 2.85. The van der Waals surface area contributed by atoms with Gasteiger partial charge < -0.3 is 10.6 Å². The van der Waals surface area contributed by atoms with Crippen molar-refractivity contribution in [3.05, 3.63) is 60.0 Å². The van der Waals surface area contributed by atoms with Crippen LogP contribution in [0.1, 0.15) is 19.8 Å². The van der Waals surface area contributed by atoms with E-state index in [0.717, 1.165) is 28.3 Å². The summed E-state index contributed by atoms with van der Waals surface area (Å²) in [7, 11) is 0. The summed E-state index contributed by atoms with van der Waals surface area (Å²) in [5.74, 6) is 0.210. The second-order valence-electron chi connectivity index (χ2n) is 6.06. The number of nitrogens with zero attached hydrogens (tertiary/aromatic N) is 1. The van der Waals surface area contributed by atoms with Crippen molar-refractivity contribution < 1.29 is 9.59 Å². The van der Waals surface area contributed by atoms with Crippen LogP contribution >= 0.6 is 23.1 Å². The van der Waals surface area contributed by atoms with Gasteiger partial charge in [-0.3, -0.25) is 9.59 Å². The molecule has 0 aliphatic carbocycles. The van der Waals surface area contributed by atoms with Crippen molar-refractivity contribution in [2.45, 2.75) is 24.7 Å². The Morgan fingerprint density at radius 2 is 1.75 bits per heavy atom. The van der Waals surface area contributed by atoms with Gasteiger partial charge in [0.15, 0.2) is 5.13 Å². The molecule has 0 unspecified atom stereocenters. The van der Waals surface area contributed by atoms with Gasteiger partial charge in [-0.05, 0) is 30.7 Å². The molecule has 3 aromatic rings. The number of aromatic nitrogens is 1. The second-order valence-corrected chi connectivity index (χ2v) is 7.97. The minimum absolute atomic E-state index is 0.0144. The van der Waals surface area contributed by atoms with Crippen LogP contribution < -0.4 is 10.6 Å². The molecule has 7 heteroatoms. The maximum atomic E-state index is 12.2. The van der Waals surface area contributed by atoms with Crippen LogP contribution in [-0.2, 0) is 9.59 Å². The number of carbonyl (C=O) groups is 2. The Hall–Kier alpha value is -2.64. The summed E-state index contributed by atoms with van der Waals surface area (Å²) in [4.78, 5) is 29.2. The maximum absolute atomic E-state index is 12.2. The van der Waals surface area contributed by atoms with Gasteiger partial charge >= 0.3 is 0 Å². The highest BCUT2D eigenvalue weighted by atomic mass is 32.2. The van der Waals surface area contributed by atoms with Crippen LogP contribution in [0.15, 0.2) is 64.9 Å². The molecule has 0 bridgehead atoms. The molecular formula is C21H21N3O2S2. The number of hydrogen-bond acceptors (Lipinski definition) is 5. The lowest BCUT2D eigenvalue weighted by Crippen LogP contribution is -2.13. The van der Waals surface area contributed by atoms with E-state index in [-0.39, 0.29) is 11.8 Å². The Balaban J connectivity index is 1.48. The molecule has 2 aromatic carbocycles. The van der Waals surface area contributed by atoms with Crippen LogP contribution in [0, 0.1) is 0 Å². The smallest absolute Gasteiger partial charge is 0.236 e. The largest absolute Gasteiger partial charge is 0.326 e. The molecule has 1 heterocycles. The van der Waals surface area contributed by atoms with E-state index in [4.69, 9.17) is 0 Å². The molecule has 28 heavy (non-hydrogen) atoms. The second kappa shape index (κ2) is 10.1. The van der Waals surface area contributed by atoms with Crippen LogP contribution in [0.2, 0.25) is 0 Å². The van der Waals surface area contributed by atoms with Gasteiger partial charge in [0.25, 0.3) is 0 Å². The Kier molecular flexibility index (Phi) is 7.22. The number of nitrogens with one attached hydrogen (secondary N) is 2. The lowest BCUT2D eigenvalue weighted by molar-refractivity contribution is -0.116. The van der Waals surface area contributed by atoms with Gasteiger partial charge in [-0.1, -0.05) is 37.3 Å². The molecule has 0 spiro atoms. The van der Waals surface area contributed by atoms with Gasteiger partial charge in [-0.15, -0.1) is 23.1 Å². The van der Waals surface area contributed by atoms with Gasteiger partial charge in [0, 0.05) is 27.9 Å². The number of anilines is 2. The first-order valence-corrected chi connectivity index (χ1v) is 10.8. The fraction of sp³-hybridized carbons (Fsp3) is 0.190. The predicted octanol–water partition coefficient (Wildman–Crippen LogP) is 5.28. The van der Waals surface area contributed by atoms with Crippen molar-refractivity contribution in [3.8, 4) is 11.3 Å². The van der Waals surface area contributed by atoms with Crippen molar-refractivity contribution in [3.63, 3.8) is 0 Å². The van der Waals surface area contributed by atoms with Crippen LogP contribution in [0.25, 0.3) is 11.3 Å². The van der Waals surface area contributed by atoms with Crippen molar-refractivity contribution in [2.24, 2.45) is 0 Å². The van der Waals surface area contributed by atoms with Crippen molar-refractivity contribution >= 4 is 45.7 Å². The van der Waals surface area contributed by atoms with Crippen LogP contribution in [0.5, 0.6) is 0 Å². The van der Waals surface area contributed by atoms with Crippen molar-refractivity contribution in [2.75, 3.05) is 16.4 Å². The number of thiazole rings is 1. The summed E-state index contributed by atoms with van der Waals surface area (Å²) in [6.07, 6.45) is 1.33. The van der Waals surface area contributed by atoms with E-state index < -0.39 is 0 Å². The van der Waals surface area contributed by atoms with Crippen molar-refractivity contribution in [1.82, 2.24) is 4.98 Å². The fourth-order valence-electron chi connectivity index (χ4n) is 2.46. The van der Waals surface area contributed by atoms with Gasteiger partial charge in [0.2, 0.25) is 11.8 Å². The Morgan fingerprint density at radius 1 is 1.00 bits per heavy atom. The Morgan fingerprint density at radius 3 is 2.46 bits per heavy atom. The summed E-state index contributed by atoms with van der Waals surface area (Å²) in [6, 6.07) is 17.4. The fourth-order valence-corrected chi connectivity index (χ4v) is 3.90. The molecule has 0 aliphatic rings. The third-order valence-corrected chi connectivity index (χ3v) is 5.57. The molecule has 144 valence electrons. The standard InChI is InChI=1S/C21H21N3O2S2/c1-2-6-19(25)22-16-9-11-17(12-10-16)27-14-20(26)24-21-23-18(13-28-21)15-7-4-3-5-8-15/h3-5,7-13H,2,6,14H2,1H3,(H,22,25)(H,23,24,26). The molecule has 5 nitrogen and oxygen atoms in total. The highest BCUT2D eigenvalue weighted by Crippen LogP contribution is 2.25. The quantitative estimate of drug-likeness (QED) is 0.495. The van der Waals surface area contributed by atoms with E-state index in [1.807, 2.05) is 66.9 Å². The first-order chi connectivity index (χ1) is 13.6. The first kappa shape index (κ1) is 20.1. The van der Waals surface area contributed by atoms with Gasteiger partial charge in [0.1, 0.15) is 0 Å². The topological polar surface area (TPSA) is 71.1 Å². The van der Waals surface area contributed by atoms with Crippen LogP contribution in [0.3, 0.4) is 0 Å². The molecule has 0 saturated heterocycles. The number of carbonyl (C=O) groups excluding carboxylic acids is 2. The zero-order valence-corrected chi connectivity index (χ0v) is 17.1. The average Bonchev–Trinajstić information content (AvgIpc) is 3.17. The minimum Gasteiger partial charge on any atom is -0.326 e. The lowest BCUT2D eigenvalue weighted by Gasteiger charge is -2.06. The molecule has 3 rings (SSSR count). The summed E-state index contributed by atoms with van der Waals surface area (Å²) < 4.78 is 0. The molecule has 1 aromatic heterocycles. The van der Waals surface area contributed by atoms with E-state index in [0.29, 0.717) is 17.3 Å². The number of thioether (sulfide) groups is 1. The molecular weight excluding hydrogens is 390 g/mol. The third kappa shape index (κ3) is 5.94. The van der Waals surface area contributed by atoms with Gasteiger partial charge in [0.05, 0.1) is 11.4 Å². The SMILES string of the molecule is CCCC(=O)Nc1ccc(SCC(=O)Nc2nc(-c3ccccc3)cs2)cc1. The predicted molar refractivity (Wildman–Crippen MR) is 117 cm³/mol. The van der Waals surface area contributed by atoms with E-state index >= 15 is 0 Å². The molecule has 0 aliphatic heterocycles. The monoisotopic (exact) mass is 411 g/mol. The highest BCUT2D eigenvalue weighted by molar-refractivity contribution is 8.00. The summed E-state index contributed by atoms with van der Waals surface area (Å²) in [6.45, 7) is 1.97. The van der Waals surface area contributed by atoms with E-state index in [1.165, 1.54) is 23.1 Å². The number of rotatable bonds is 8. The van der Waals surface area contributed by atoms with E-state index in [2.05, 4.69) is 15.6 Å². The zero-order valence-electron chi connectivity index (χ0n) is 15.5. The Labute approximate surface area is 172 Å². The normalized spacial score (nSPS) is 10.5. The van der Waals surface area contributed by atoms with Gasteiger partial charge in [-0.2, -0.15) is 0 Å². The first-order valence-electron chi connectivity index (χ1n) is 8.97. The highest BCUT2D eigenvalue weighted by Gasteiger charge is 2.09. The number of benzene rings is 2. The van der Waals surface area contributed by atoms with E-state index in [1.54, 1.807) is 0 Å². The maximum Gasteiger partial charge on any atom is 0.236 e. The number of amides is 2. The summed E-state index contributed by atoms with van der Waals surface area (Å²) in [5.41, 5.74) is 2.65. The molecule has 0 atom stereocenters. The van der Waals surface area contributed by atoms with Gasteiger partial charge in [-0.25, -0.2) is 4.98 Å². The zero-order chi connectivity index (χ0) is 19.8. The lowest BCUT2D eigenvalue weighted by atomic mass is 10.2. The molecule has 0 fully saturated rings. The average molecular weight is 412 g/mol. The Bertz CT molecular complexity index is 924. The molecule has 2 N–H and O–H groups in total. The third-order valence-electron chi connectivity index (χ3n) is 3.81. The van der Waals surface area contributed by atoms with Crippen LogP contribution in [-0.4, -0.2) is 22.6 Å². The summed E-state index contributed by atoms with van der Waals surface area (Å²) in [5, 5.41) is 8.22.